The van der Waals surface area contributed by atoms with Crippen LogP contribution in [-0.4, -0.2) is 22.0 Å². The van der Waals surface area contributed by atoms with Crippen molar-refractivity contribution < 1.29 is 4.79 Å². The summed E-state index contributed by atoms with van der Waals surface area (Å²) in [4.78, 5) is 27.3. The second-order valence-electron chi connectivity index (χ2n) is 3.65. The minimum absolute atomic E-state index is 0.0659. The quantitative estimate of drug-likeness (QED) is 0.778. The summed E-state index contributed by atoms with van der Waals surface area (Å²) in [6.07, 6.45) is 6.25. The Morgan fingerprint density at radius 2 is 2.22 bits per heavy atom. The molecule has 1 N–H and O–H groups in total. The Kier molecular flexibility index (Phi) is 3.39. The van der Waals surface area contributed by atoms with Gasteiger partial charge in [-0.15, -0.1) is 6.42 Å². The van der Waals surface area contributed by atoms with Gasteiger partial charge in [0.2, 0.25) is 5.91 Å². The van der Waals surface area contributed by atoms with Crippen molar-refractivity contribution in [3.63, 3.8) is 0 Å². The van der Waals surface area contributed by atoms with Crippen LogP contribution in [0.5, 0.6) is 0 Å². The van der Waals surface area contributed by atoms with Crippen molar-refractivity contribution in [2.75, 3.05) is 6.54 Å². The van der Waals surface area contributed by atoms with Crippen LogP contribution >= 0.6 is 0 Å². The van der Waals surface area contributed by atoms with Crippen LogP contribution < -0.4 is 10.9 Å². The first kappa shape index (κ1) is 11.9. The first-order valence-electron chi connectivity index (χ1n) is 5.37. The fourth-order valence-electron chi connectivity index (χ4n) is 1.63. The first-order chi connectivity index (χ1) is 8.72. The van der Waals surface area contributed by atoms with Gasteiger partial charge in [0.15, 0.2) is 0 Å². The zero-order chi connectivity index (χ0) is 13.0. The highest BCUT2D eigenvalue weighted by Gasteiger charge is 2.07. The Bertz CT molecular complexity index is 682. The zero-order valence-electron chi connectivity index (χ0n) is 9.59. The number of benzene rings is 1. The van der Waals surface area contributed by atoms with Gasteiger partial charge >= 0.3 is 0 Å². The van der Waals surface area contributed by atoms with E-state index >= 15 is 0 Å². The molecular formula is C13H11N3O2. The molecule has 0 saturated carbocycles. The Morgan fingerprint density at radius 1 is 1.44 bits per heavy atom. The van der Waals surface area contributed by atoms with E-state index in [4.69, 9.17) is 6.42 Å². The maximum atomic E-state index is 11.7. The fourth-order valence-corrected chi connectivity index (χ4v) is 1.63. The van der Waals surface area contributed by atoms with Gasteiger partial charge < -0.3 is 5.32 Å². The van der Waals surface area contributed by atoms with Gasteiger partial charge in [0.05, 0.1) is 23.8 Å². The average Bonchev–Trinajstić information content (AvgIpc) is 2.40. The molecule has 0 fully saturated rings. The van der Waals surface area contributed by atoms with Gasteiger partial charge in [-0.05, 0) is 12.1 Å². The van der Waals surface area contributed by atoms with Crippen LogP contribution in [0.2, 0.25) is 0 Å². The third kappa shape index (κ3) is 2.38. The monoisotopic (exact) mass is 241 g/mol. The lowest BCUT2D eigenvalue weighted by molar-refractivity contribution is -0.121. The number of rotatable bonds is 3. The van der Waals surface area contributed by atoms with E-state index in [9.17, 15) is 9.59 Å². The van der Waals surface area contributed by atoms with Crippen LogP contribution in [0.25, 0.3) is 11.0 Å². The topological polar surface area (TPSA) is 64.0 Å². The number of hydrogen-bond acceptors (Lipinski definition) is 3. The van der Waals surface area contributed by atoms with Crippen molar-refractivity contribution in [2.24, 2.45) is 0 Å². The van der Waals surface area contributed by atoms with E-state index in [2.05, 4.69) is 16.2 Å². The highest BCUT2D eigenvalue weighted by Crippen LogP contribution is 2.07. The van der Waals surface area contributed by atoms with E-state index in [-0.39, 0.29) is 24.6 Å². The van der Waals surface area contributed by atoms with Gasteiger partial charge in [0.1, 0.15) is 6.54 Å². The molecule has 0 spiro atoms. The van der Waals surface area contributed by atoms with E-state index in [1.165, 1.54) is 10.8 Å². The normalized spacial score (nSPS) is 9.94. The molecule has 0 aliphatic rings. The fraction of sp³-hybridized carbons (Fsp3) is 0.154. The van der Waals surface area contributed by atoms with E-state index in [1.54, 1.807) is 18.2 Å². The number of nitrogens with zero attached hydrogens (tertiary/aromatic N) is 2. The SMILES string of the molecule is C#CCNC(=O)Cn1c(=O)cnc2ccccc21. The van der Waals surface area contributed by atoms with Gasteiger partial charge in [-0.25, -0.2) is 4.98 Å². The van der Waals surface area contributed by atoms with Gasteiger partial charge in [-0.2, -0.15) is 0 Å². The third-order valence-corrected chi connectivity index (χ3v) is 2.44. The predicted octanol–water partition coefficient (Wildman–Crippen LogP) is 0.146. The van der Waals surface area contributed by atoms with E-state index in [0.717, 1.165) is 0 Å². The number of fused-ring (bicyclic) bond motifs is 1. The minimum atomic E-state index is -0.315. The molecule has 0 atom stereocenters. The second-order valence-corrected chi connectivity index (χ2v) is 3.65. The lowest BCUT2D eigenvalue weighted by Gasteiger charge is -2.08. The molecule has 0 unspecified atom stereocenters. The smallest absolute Gasteiger partial charge is 0.269 e. The molecule has 0 aliphatic heterocycles. The summed E-state index contributed by atoms with van der Waals surface area (Å²) in [6.45, 7) is 0.0835. The molecule has 0 aliphatic carbocycles. The highest BCUT2D eigenvalue weighted by atomic mass is 16.2. The Morgan fingerprint density at radius 3 is 3.00 bits per heavy atom. The average molecular weight is 241 g/mol. The molecule has 90 valence electrons. The number of aromatic nitrogens is 2. The number of para-hydroxylation sites is 2. The Balaban J connectivity index is 2.38. The van der Waals surface area contributed by atoms with Gasteiger partial charge in [0.25, 0.3) is 5.56 Å². The highest BCUT2D eigenvalue weighted by molar-refractivity contribution is 5.80. The van der Waals surface area contributed by atoms with Crippen LogP contribution in [0.15, 0.2) is 35.3 Å². The number of nitrogens with one attached hydrogen (secondary N) is 1. The Hall–Kier alpha value is -2.61. The Labute approximate surface area is 103 Å². The van der Waals surface area contributed by atoms with Crippen molar-refractivity contribution >= 4 is 16.9 Å². The molecule has 5 nitrogen and oxygen atoms in total. The maximum Gasteiger partial charge on any atom is 0.269 e. The standard InChI is InChI=1S/C13H11N3O2/c1-2-7-14-12(17)9-16-11-6-4-3-5-10(11)15-8-13(16)18/h1,3-6,8H,7,9H2,(H,14,17). The lowest BCUT2D eigenvalue weighted by Crippen LogP contribution is -2.32. The number of carbonyl (C=O) groups excluding carboxylic acids is 1. The summed E-state index contributed by atoms with van der Waals surface area (Å²) >= 11 is 0. The van der Waals surface area contributed by atoms with E-state index in [0.29, 0.717) is 11.0 Å². The summed E-state index contributed by atoms with van der Waals surface area (Å²) < 4.78 is 1.37. The van der Waals surface area contributed by atoms with E-state index in [1.807, 2.05) is 6.07 Å². The molecular weight excluding hydrogens is 230 g/mol. The van der Waals surface area contributed by atoms with E-state index < -0.39 is 0 Å². The maximum absolute atomic E-state index is 11.7. The third-order valence-electron chi connectivity index (χ3n) is 2.44. The number of hydrogen-bond donors (Lipinski definition) is 1. The molecule has 2 aromatic rings. The summed E-state index contributed by atoms with van der Waals surface area (Å²) in [6, 6.07) is 7.14. The van der Waals surface area contributed by atoms with Crippen molar-refractivity contribution in [3.8, 4) is 12.3 Å². The van der Waals surface area contributed by atoms with Crippen LogP contribution in [0.4, 0.5) is 0 Å². The van der Waals surface area contributed by atoms with Crippen molar-refractivity contribution in [1.29, 1.82) is 0 Å². The molecule has 1 heterocycles. The van der Waals surface area contributed by atoms with Crippen LogP contribution in [0.1, 0.15) is 0 Å². The minimum Gasteiger partial charge on any atom is -0.344 e. The predicted molar refractivity (Wildman–Crippen MR) is 67.8 cm³/mol. The van der Waals surface area contributed by atoms with Crippen molar-refractivity contribution in [3.05, 3.63) is 40.8 Å². The van der Waals surface area contributed by atoms with Crippen LogP contribution in [0, 0.1) is 12.3 Å². The van der Waals surface area contributed by atoms with Crippen molar-refractivity contribution in [2.45, 2.75) is 6.54 Å². The molecule has 1 amide bonds. The molecule has 0 saturated heterocycles. The zero-order valence-corrected chi connectivity index (χ0v) is 9.59. The van der Waals surface area contributed by atoms with Gasteiger partial charge in [-0.3, -0.25) is 14.2 Å². The molecule has 1 aromatic heterocycles. The molecule has 18 heavy (non-hydrogen) atoms. The molecule has 0 radical (unpaired) electrons. The molecule has 1 aromatic carbocycles. The molecule has 5 heteroatoms. The lowest BCUT2D eigenvalue weighted by atomic mass is 10.3. The summed E-state index contributed by atoms with van der Waals surface area (Å²) in [5, 5.41) is 2.52. The summed E-state index contributed by atoms with van der Waals surface area (Å²) in [5.41, 5.74) is 0.979. The molecule has 0 bridgehead atoms. The largest absolute Gasteiger partial charge is 0.344 e. The van der Waals surface area contributed by atoms with Crippen LogP contribution in [-0.2, 0) is 11.3 Å². The van der Waals surface area contributed by atoms with Gasteiger partial charge in [-0.1, -0.05) is 18.1 Å². The number of amides is 1. The number of terminal acetylenes is 1. The summed E-state index contributed by atoms with van der Waals surface area (Å²) in [7, 11) is 0. The summed E-state index contributed by atoms with van der Waals surface area (Å²) in [5.74, 6) is 2.00. The first-order valence-corrected chi connectivity index (χ1v) is 5.37. The van der Waals surface area contributed by atoms with Crippen LogP contribution in [0.3, 0.4) is 0 Å². The number of carbonyl (C=O) groups is 1. The van der Waals surface area contributed by atoms with Gasteiger partial charge in [0, 0.05) is 0 Å². The van der Waals surface area contributed by atoms with Crippen molar-refractivity contribution in [1.82, 2.24) is 14.9 Å². The second kappa shape index (κ2) is 5.15. The molecule has 2 rings (SSSR count).